The Morgan fingerprint density at radius 3 is 2.59 bits per heavy atom. The fraction of sp³-hybridized carbons (Fsp3) is 0.0833. The molecule has 0 aromatic heterocycles. The van der Waals surface area contributed by atoms with Gasteiger partial charge in [0.1, 0.15) is 6.61 Å². The highest BCUT2D eigenvalue weighted by Crippen LogP contribution is 2.34. The number of halogens is 4. The summed E-state index contributed by atoms with van der Waals surface area (Å²) in [6, 6.07) is 16.8. The number of amides is 1. The molecule has 34 heavy (non-hydrogen) atoms. The van der Waals surface area contributed by atoms with E-state index in [1.807, 2.05) is 48.5 Å². The first-order valence-corrected chi connectivity index (χ1v) is 13.4. The number of ether oxygens (including phenoxy) is 2. The second-order valence-corrected chi connectivity index (χ2v) is 11.1. The van der Waals surface area contributed by atoms with Crippen molar-refractivity contribution >= 4 is 94.0 Å². The van der Waals surface area contributed by atoms with Crippen LogP contribution in [-0.2, 0) is 11.4 Å². The second-order valence-electron chi connectivity index (χ2n) is 7.01. The van der Waals surface area contributed by atoms with Gasteiger partial charge in [0, 0.05) is 19.0 Å². The lowest BCUT2D eigenvalue weighted by molar-refractivity contribution is -0.115. The van der Waals surface area contributed by atoms with Crippen LogP contribution in [0.5, 0.6) is 11.5 Å². The number of hydrogen-bond donors (Lipinski definition) is 1. The van der Waals surface area contributed by atoms with Crippen molar-refractivity contribution in [2.45, 2.75) is 6.61 Å². The zero-order valence-electron chi connectivity index (χ0n) is 17.6. The molecule has 1 aliphatic heterocycles. The number of methoxy groups -OCH3 is 1. The van der Waals surface area contributed by atoms with E-state index in [9.17, 15) is 4.79 Å². The summed E-state index contributed by atoms with van der Waals surface area (Å²) in [7, 11) is 1.58. The number of nitrogens with zero attached hydrogens (tertiary/aromatic N) is 1. The van der Waals surface area contributed by atoms with Crippen molar-refractivity contribution in [3.8, 4) is 11.5 Å². The highest BCUT2D eigenvalue weighted by Gasteiger charge is 2.24. The highest BCUT2D eigenvalue weighted by molar-refractivity contribution is 9.11. The molecule has 5 nitrogen and oxygen atoms in total. The van der Waals surface area contributed by atoms with Gasteiger partial charge in [-0.3, -0.25) is 4.79 Å². The van der Waals surface area contributed by atoms with Gasteiger partial charge >= 0.3 is 0 Å². The molecular formula is C24H16Br3ClN2O3S. The number of carbonyl (C=O) groups is 1. The van der Waals surface area contributed by atoms with Crippen molar-refractivity contribution in [1.82, 2.24) is 5.32 Å². The zero-order valence-corrected chi connectivity index (χ0v) is 23.9. The number of aliphatic imine (C=N–C) groups is 1. The third-order valence-electron chi connectivity index (χ3n) is 4.67. The van der Waals surface area contributed by atoms with Crippen molar-refractivity contribution in [1.29, 1.82) is 0 Å². The lowest BCUT2D eigenvalue weighted by atomic mass is 10.2. The minimum absolute atomic E-state index is 0.216. The molecule has 174 valence electrons. The minimum Gasteiger partial charge on any atom is -0.493 e. The van der Waals surface area contributed by atoms with Gasteiger partial charge in [-0.15, -0.1) is 0 Å². The molecule has 0 aliphatic carbocycles. The third-order valence-corrected chi connectivity index (χ3v) is 8.04. The summed E-state index contributed by atoms with van der Waals surface area (Å²) in [5.41, 5.74) is 2.46. The molecule has 3 aromatic rings. The summed E-state index contributed by atoms with van der Waals surface area (Å²) in [4.78, 5) is 17.4. The lowest BCUT2D eigenvalue weighted by Crippen LogP contribution is -2.19. The Labute approximate surface area is 231 Å². The third kappa shape index (κ3) is 6.26. The number of hydrogen-bond acceptors (Lipinski definition) is 5. The normalized spacial score (nSPS) is 15.6. The Kier molecular flexibility index (Phi) is 8.42. The van der Waals surface area contributed by atoms with Gasteiger partial charge in [-0.25, -0.2) is 4.99 Å². The largest absolute Gasteiger partial charge is 0.493 e. The lowest BCUT2D eigenvalue weighted by Gasteiger charge is -2.12. The number of nitrogens with one attached hydrogen (secondary N) is 1. The van der Waals surface area contributed by atoms with Gasteiger partial charge in [-0.2, -0.15) is 0 Å². The fourth-order valence-electron chi connectivity index (χ4n) is 2.99. The summed E-state index contributed by atoms with van der Waals surface area (Å²) in [6.07, 6.45) is 1.79. The van der Waals surface area contributed by atoms with E-state index < -0.39 is 0 Å². The number of amidine groups is 1. The summed E-state index contributed by atoms with van der Waals surface area (Å²) in [6.45, 7) is 0.378. The van der Waals surface area contributed by atoms with E-state index in [2.05, 4.69) is 58.1 Å². The molecule has 1 aliphatic rings. The number of carbonyl (C=O) groups excluding carboxylic acids is 1. The maximum atomic E-state index is 12.5. The molecule has 0 bridgehead atoms. The van der Waals surface area contributed by atoms with Crippen LogP contribution in [0.3, 0.4) is 0 Å². The van der Waals surface area contributed by atoms with Gasteiger partial charge in [0.15, 0.2) is 16.7 Å². The number of thioether (sulfide) groups is 1. The van der Waals surface area contributed by atoms with E-state index in [1.54, 1.807) is 19.3 Å². The highest BCUT2D eigenvalue weighted by atomic mass is 79.9. The molecule has 4 rings (SSSR count). The topological polar surface area (TPSA) is 59.9 Å². The van der Waals surface area contributed by atoms with E-state index in [1.165, 1.54) is 11.8 Å². The van der Waals surface area contributed by atoms with Gasteiger partial charge in [-0.05, 0) is 81.8 Å². The quantitative estimate of drug-likeness (QED) is 0.266. The van der Waals surface area contributed by atoms with Crippen molar-refractivity contribution in [2.24, 2.45) is 4.99 Å². The summed E-state index contributed by atoms with van der Waals surface area (Å²) in [5, 5.41) is 3.82. The Bertz CT molecular complexity index is 1330. The molecule has 0 spiro atoms. The molecule has 10 heteroatoms. The van der Waals surface area contributed by atoms with Crippen LogP contribution < -0.4 is 14.8 Å². The second kappa shape index (κ2) is 11.3. The van der Waals surface area contributed by atoms with E-state index >= 15 is 0 Å². The Hall–Kier alpha value is -1.78. The number of rotatable bonds is 6. The first kappa shape index (κ1) is 25.3. The van der Waals surface area contributed by atoms with Crippen LogP contribution in [0.1, 0.15) is 11.1 Å². The molecule has 0 radical (unpaired) electrons. The predicted molar refractivity (Wildman–Crippen MR) is 149 cm³/mol. The van der Waals surface area contributed by atoms with Crippen LogP contribution in [0.2, 0.25) is 5.02 Å². The van der Waals surface area contributed by atoms with Crippen molar-refractivity contribution in [3.63, 3.8) is 0 Å². The van der Waals surface area contributed by atoms with Gasteiger partial charge < -0.3 is 14.8 Å². The molecule has 0 atom stereocenters. The van der Waals surface area contributed by atoms with Crippen molar-refractivity contribution < 1.29 is 14.3 Å². The molecule has 1 fully saturated rings. The maximum absolute atomic E-state index is 12.5. The van der Waals surface area contributed by atoms with Gasteiger partial charge in [0.25, 0.3) is 5.91 Å². The summed E-state index contributed by atoms with van der Waals surface area (Å²) >= 11 is 17.7. The van der Waals surface area contributed by atoms with E-state index in [0.717, 1.165) is 24.5 Å². The first-order chi connectivity index (χ1) is 16.3. The summed E-state index contributed by atoms with van der Waals surface area (Å²) in [5.74, 6) is 0.966. The monoisotopic (exact) mass is 684 g/mol. The predicted octanol–water partition coefficient (Wildman–Crippen LogP) is 8.11. The van der Waals surface area contributed by atoms with Crippen LogP contribution in [0, 0.1) is 0 Å². The molecule has 0 unspecified atom stereocenters. The van der Waals surface area contributed by atoms with Gasteiger partial charge in [0.2, 0.25) is 0 Å². The standard InChI is InChI=1S/C24H16Br3ClN2O3S/c1-32-21-8-13(2-7-20(21)33-12-14-3-4-15(25)10-18(14)27)9-22-23(31)30-24(34-22)29-16-5-6-17(26)19(28)11-16/h2-11H,12H2,1H3,(H,29,30,31)/b22-9-. The minimum atomic E-state index is -0.216. The average molecular weight is 688 g/mol. The zero-order chi connectivity index (χ0) is 24.2. The maximum Gasteiger partial charge on any atom is 0.264 e. The van der Waals surface area contributed by atoms with Crippen LogP contribution in [0.4, 0.5) is 5.69 Å². The van der Waals surface area contributed by atoms with Crippen molar-refractivity contribution in [2.75, 3.05) is 7.11 Å². The molecule has 1 N–H and O–H groups in total. The van der Waals surface area contributed by atoms with E-state index in [4.69, 9.17) is 21.1 Å². The first-order valence-electron chi connectivity index (χ1n) is 9.82. The van der Waals surface area contributed by atoms with Crippen LogP contribution in [0.25, 0.3) is 6.08 Å². The van der Waals surface area contributed by atoms with E-state index in [0.29, 0.717) is 38.9 Å². The molecule has 1 saturated heterocycles. The molecule has 0 saturated carbocycles. The summed E-state index contributed by atoms with van der Waals surface area (Å²) < 4.78 is 14.2. The average Bonchev–Trinajstić information content (AvgIpc) is 3.14. The fourth-order valence-corrected chi connectivity index (χ4v) is 5.42. The molecule has 1 amide bonds. The molecule has 3 aromatic carbocycles. The molecular weight excluding hydrogens is 672 g/mol. The van der Waals surface area contributed by atoms with Crippen molar-refractivity contribution in [3.05, 3.63) is 89.1 Å². The van der Waals surface area contributed by atoms with E-state index in [-0.39, 0.29) is 5.91 Å². The van der Waals surface area contributed by atoms with Gasteiger partial charge in [-0.1, -0.05) is 55.6 Å². The Morgan fingerprint density at radius 1 is 1.03 bits per heavy atom. The number of benzene rings is 3. The molecule has 1 heterocycles. The SMILES string of the molecule is COc1cc(/C=C2\SC(=Nc3ccc(Br)c(Cl)c3)NC2=O)ccc1OCc1ccc(Br)cc1Br. The van der Waals surface area contributed by atoms with Gasteiger partial charge in [0.05, 0.1) is 22.7 Å². The van der Waals surface area contributed by atoms with Crippen LogP contribution in [-0.4, -0.2) is 18.2 Å². The Morgan fingerprint density at radius 2 is 1.85 bits per heavy atom. The van der Waals surface area contributed by atoms with Crippen LogP contribution >= 0.6 is 71.2 Å². The Balaban J connectivity index is 1.49. The smallest absolute Gasteiger partial charge is 0.264 e. The van der Waals surface area contributed by atoms with Crippen LogP contribution in [0.15, 0.2) is 77.9 Å².